The predicted octanol–water partition coefficient (Wildman–Crippen LogP) is 2.12. The maximum Gasteiger partial charge on any atom is 0.326 e. The lowest BCUT2D eigenvalue weighted by atomic mass is 10.0. The first-order valence-corrected chi connectivity index (χ1v) is 8.58. The second-order valence-electron chi connectivity index (χ2n) is 6.33. The van der Waals surface area contributed by atoms with Crippen molar-refractivity contribution in [2.24, 2.45) is 0 Å². The Morgan fingerprint density at radius 3 is 2.70 bits per heavy atom. The molecule has 4 rings (SSSR count). The third-order valence-electron chi connectivity index (χ3n) is 4.51. The molecule has 2 unspecified atom stereocenters. The maximum absolute atomic E-state index is 12.5. The average Bonchev–Trinajstić information content (AvgIpc) is 3.10. The van der Waals surface area contributed by atoms with Crippen LogP contribution in [0.15, 0.2) is 54.7 Å². The topological polar surface area (TPSA) is 101 Å². The Labute approximate surface area is 154 Å². The van der Waals surface area contributed by atoms with Gasteiger partial charge in [-0.2, -0.15) is 0 Å². The van der Waals surface area contributed by atoms with E-state index in [4.69, 9.17) is 9.47 Å². The van der Waals surface area contributed by atoms with Crippen LogP contribution in [-0.2, 0) is 16.0 Å². The third kappa shape index (κ3) is 3.44. The van der Waals surface area contributed by atoms with Gasteiger partial charge in [0.25, 0.3) is 5.91 Å². The van der Waals surface area contributed by atoms with Crippen molar-refractivity contribution < 1.29 is 24.2 Å². The average molecular weight is 366 g/mol. The Morgan fingerprint density at radius 2 is 1.89 bits per heavy atom. The monoisotopic (exact) mass is 366 g/mol. The standard InChI is InChI=1S/C20H18N2O5/c23-19(18-11-26-16-7-3-4-8-17(16)27-18)22-15(20(24)25)9-12-10-21-14-6-2-1-5-13(12)14/h1-8,10,15,18,21H,9,11H2,(H,22,23)(H,24,25). The van der Waals surface area contributed by atoms with Crippen LogP contribution < -0.4 is 14.8 Å². The number of carbonyl (C=O) groups is 2. The largest absolute Gasteiger partial charge is 0.485 e. The van der Waals surface area contributed by atoms with E-state index in [1.807, 2.05) is 30.3 Å². The summed E-state index contributed by atoms with van der Waals surface area (Å²) in [5.41, 5.74) is 1.74. The number of aliphatic carboxylic acids is 1. The molecule has 3 N–H and O–H groups in total. The number of hydrogen-bond donors (Lipinski definition) is 3. The molecule has 27 heavy (non-hydrogen) atoms. The lowest BCUT2D eigenvalue weighted by Crippen LogP contribution is -2.50. The van der Waals surface area contributed by atoms with Gasteiger partial charge in [0.05, 0.1) is 0 Å². The van der Waals surface area contributed by atoms with E-state index in [0.717, 1.165) is 16.5 Å². The molecule has 7 heteroatoms. The van der Waals surface area contributed by atoms with E-state index >= 15 is 0 Å². The lowest BCUT2D eigenvalue weighted by molar-refractivity contribution is -0.143. The maximum atomic E-state index is 12.5. The zero-order valence-corrected chi connectivity index (χ0v) is 14.3. The molecular weight excluding hydrogens is 348 g/mol. The van der Waals surface area contributed by atoms with E-state index < -0.39 is 24.0 Å². The highest BCUT2D eigenvalue weighted by molar-refractivity contribution is 5.88. The fraction of sp³-hybridized carbons (Fsp3) is 0.200. The molecule has 1 aliphatic rings. The number of H-pyrrole nitrogens is 1. The Hall–Kier alpha value is -3.48. The van der Waals surface area contributed by atoms with Gasteiger partial charge in [-0.1, -0.05) is 30.3 Å². The normalized spacial score (nSPS) is 16.7. The molecule has 1 aromatic heterocycles. The minimum atomic E-state index is -1.11. The van der Waals surface area contributed by atoms with E-state index in [1.165, 1.54) is 0 Å². The van der Waals surface area contributed by atoms with E-state index in [9.17, 15) is 14.7 Å². The van der Waals surface area contributed by atoms with Gasteiger partial charge >= 0.3 is 5.97 Å². The minimum absolute atomic E-state index is 0.0300. The first-order valence-electron chi connectivity index (χ1n) is 8.58. The third-order valence-corrected chi connectivity index (χ3v) is 4.51. The summed E-state index contributed by atoms with van der Waals surface area (Å²) in [5, 5.41) is 13.0. The molecule has 0 saturated carbocycles. The number of aromatic nitrogens is 1. The van der Waals surface area contributed by atoms with Crippen LogP contribution in [0.3, 0.4) is 0 Å². The number of benzene rings is 2. The van der Waals surface area contributed by atoms with Crippen LogP contribution in [0, 0.1) is 0 Å². The molecule has 0 radical (unpaired) electrons. The second kappa shape index (κ2) is 7.03. The summed E-state index contributed by atoms with van der Waals surface area (Å²) in [6.45, 7) is 0.0300. The van der Waals surface area contributed by atoms with Gasteiger partial charge in [0.1, 0.15) is 12.6 Å². The highest BCUT2D eigenvalue weighted by Crippen LogP contribution is 2.31. The zero-order valence-electron chi connectivity index (χ0n) is 14.3. The van der Waals surface area contributed by atoms with Crippen molar-refractivity contribution in [1.82, 2.24) is 10.3 Å². The summed E-state index contributed by atoms with van der Waals surface area (Å²) in [4.78, 5) is 27.3. The smallest absolute Gasteiger partial charge is 0.326 e. The fourth-order valence-corrected chi connectivity index (χ4v) is 3.13. The molecule has 3 aromatic rings. The van der Waals surface area contributed by atoms with Gasteiger partial charge in [0.15, 0.2) is 11.5 Å². The quantitative estimate of drug-likeness (QED) is 0.642. The van der Waals surface area contributed by atoms with E-state index in [0.29, 0.717) is 11.5 Å². The number of aromatic amines is 1. The molecule has 7 nitrogen and oxygen atoms in total. The molecule has 1 aliphatic heterocycles. The Balaban J connectivity index is 1.47. The Bertz CT molecular complexity index is 997. The lowest BCUT2D eigenvalue weighted by Gasteiger charge is -2.26. The van der Waals surface area contributed by atoms with Gasteiger partial charge in [-0.3, -0.25) is 4.79 Å². The first-order chi connectivity index (χ1) is 13.1. The minimum Gasteiger partial charge on any atom is -0.485 e. The molecule has 0 saturated heterocycles. The van der Waals surface area contributed by atoms with Crippen LogP contribution in [0.25, 0.3) is 10.9 Å². The summed E-state index contributed by atoms with van der Waals surface area (Å²) < 4.78 is 11.2. The van der Waals surface area contributed by atoms with E-state index in [1.54, 1.807) is 24.4 Å². The van der Waals surface area contributed by atoms with Crippen molar-refractivity contribution in [3.8, 4) is 11.5 Å². The summed E-state index contributed by atoms with van der Waals surface area (Å²) >= 11 is 0. The Kier molecular flexibility index (Phi) is 4.42. The van der Waals surface area contributed by atoms with Crippen LogP contribution in [0.4, 0.5) is 0 Å². The number of carboxylic acid groups (broad SMARTS) is 1. The molecule has 1 amide bonds. The number of amides is 1. The van der Waals surface area contributed by atoms with Crippen LogP contribution in [0.2, 0.25) is 0 Å². The number of fused-ring (bicyclic) bond motifs is 2. The molecule has 0 fully saturated rings. The van der Waals surface area contributed by atoms with Gasteiger partial charge in [-0.15, -0.1) is 0 Å². The van der Waals surface area contributed by atoms with Crippen molar-refractivity contribution in [2.75, 3.05) is 6.61 Å². The highest BCUT2D eigenvalue weighted by Gasteiger charge is 2.31. The molecule has 0 aliphatic carbocycles. The van der Waals surface area contributed by atoms with Crippen molar-refractivity contribution >= 4 is 22.8 Å². The number of rotatable bonds is 5. The number of para-hydroxylation sites is 3. The second-order valence-corrected chi connectivity index (χ2v) is 6.33. The van der Waals surface area contributed by atoms with Crippen LogP contribution in [0.5, 0.6) is 11.5 Å². The number of nitrogens with one attached hydrogen (secondary N) is 2. The van der Waals surface area contributed by atoms with Gasteiger partial charge in [0, 0.05) is 23.5 Å². The molecular formula is C20H18N2O5. The van der Waals surface area contributed by atoms with Gasteiger partial charge in [-0.05, 0) is 23.8 Å². The summed E-state index contributed by atoms with van der Waals surface area (Å²) in [6, 6.07) is 13.6. The van der Waals surface area contributed by atoms with Gasteiger partial charge in [-0.25, -0.2) is 4.79 Å². The summed E-state index contributed by atoms with van der Waals surface area (Å²) in [7, 11) is 0. The first kappa shape index (κ1) is 17.0. The summed E-state index contributed by atoms with van der Waals surface area (Å²) in [5.74, 6) is -0.593. The van der Waals surface area contributed by atoms with Crippen LogP contribution >= 0.6 is 0 Å². The van der Waals surface area contributed by atoms with Crippen molar-refractivity contribution in [1.29, 1.82) is 0 Å². The molecule has 2 aromatic carbocycles. The van der Waals surface area contributed by atoms with E-state index in [2.05, 4.69) is 10.3 Å². The van der Waals surface area contributed by atoms with Gasteiger partial charge < -0.3 is 24.9 Å². The predicted molar refractivity (Wildman–Crippen MR) is 97.9 cm³/mol. The fourth-order valence-electron chi connectivity index (χ4n) is 3.13. The number of carboxylic acids is 1. The SMILES string of the molecule is O=C(O)C(Cc1c[nH]c2ccccc12)NC(=O)C1COc2ccccc2O1. The highest BCUT2D eigenvalue weighted by atomic mass is 16.6. The van der Waals surface area contributed by atoms with Crippen molar-refractivity contribution in [2.45, 2.75) is 18.6 Å². The van der Waals surface area contributed by atoms with Crippen LogP contribution in [-0.4, -0.2) is 40.7 Å². The van der Waals surface area contributed by atoms with E-state index in [-0.39, 0.29) is 13.0 Å². The number of carbonyl (C=O) groups excluding carboxylic acids is 1. The van der Waals surface area contributed by atoms with Crippen molar-refractivity contribution in [3.05, 3.63) is 60.3 Å². The summed E-state index contributed by atoms with van der Waals surface area (Å²) in [6.07, 6.45) is 1.03. The number of hydrogen-bond acceptors (Lipinski definition) is 4. The Morgan fingerprint density at radius 1 is 1.15 bits per heavy atom. The molecule has 0 bridgehead atoms. The van der Waals surface area contributed by atoms with Gasteiger partial charge in [0.2, 0.25) is 6.10 Å². The number of ether oxygens (including phenoxy) is 2. The molecule has 138 valence electrons. The molecule has 2 heterocycles. The van der Waals surface area contributed by atoms with Crippen molar-refractivity contribution in [3.63, 3.8) is 0 Å². The molecule has 2 atom stereocenters. The zero-order chi connectivity index (χ0) is 18.8. The molecule has 0 spiro atoms. The van der Waals surface area contributed by atoms with Crippen LogP contribution in [0.1, 0.15) is 5.56 Å².